The predicted molar refractivity (Wildman–Crippen MR) is 174 cm³/mol. The average molecular weight is 596 g/mol. The molecule has 0 spiro atoms. The van der Waals surface area contributed by atoms with Gasteiger partial charge in [-0.2, -0.15) is 0 Å². The number of amides is 2. The van der Waals surface area contributed by atoms with Crippen LogP contribution in [0.3, 0.4) is 0 Å². The van der Waals surface area contributed by atoms with E-state index >= 15 is 0 Å². The van der Waals surface area contributed by atoms with E-state index in [9.17, 15) is 14.4 Å². The molecule has 0 fully saturated rings. The lowest BCUT2D eigenvalue weighted by Crippen LogP contribution is -2.52. The first kappa shape index (κ1) is 39.7. The molecule has 2 unspecified atom stereocenters. The molecule has 0 bridgehead atoms. The van der Waals surface area contributed by atoms with Gasteiger partial charge >= 0.3 is 5.97 Å². The van der Waals surface area contributed by atoms with Gasteiger partial charge in [0.15, 0.2) is 5.96 Å². The molecule has 0 aromatic rings. The molecule has 0 saturated carbocycles. The van der Waals surface area contributed by atoms with Gasteiger partial charge in [-0.05, 0) is 31.6 Å². The summed E-state index contributed by atoms with van der Waals surface area (Å²) in [6, 6.07) is -1.53. The number of unbranched alkanes of at least 4 members (excludes halogenated alkanes) is 16. The number of guanidine groups is 1. The van der Waals surface area contributed by atoms with Gasteiger partial charge < -0.3 is 26.8 Å². The minimum atomic E-state index is -0.819. The summed E-state index contributed by atoms with van der Waals surface area (Å²) in [5.74, 6) is -0.961. The molecule has 9 heteroatoms. The van der Waals surface area contributed by atoms with Crippen LogP contribution in [0.4, 0.5) is 0 Å². The molecule has 0 aliphatic rings. The molecule has 0 aliphatic carbocycles. The van der Waals surface area contributed by atoms with Crippen molar-refractivity contribution in [3.05, 3.63) is 0 Å². The number of aliphatic imine (C=N–C) groups is 1. The monoisotopic (exact) mass is 596 g/mol. The number of carbonyl (C=O) groups is 3. The van der Waals surface area contributed by atoms with Crippen molar-refractivity contribution in [1.29, 1.82) is 0 Å². The first-order valence-corrected chi connectivity index (χ1v) is 17.0. The van der Waals surface area contributed by atoms with E-state index < -0.39 is 18.1 Å². The zero-order valence-electron chi connectivity index (χ0n) is 27.5. The van der Waals surface area contributed by atoms with E-state index in [0.29, 0.717) is 32.4 Å². The number of rotatable bonds is 28. The molecule has 6 N–H and O–H groups in total. The van der Waals surface area contributed by atoms with Crippen LogP contribution in [-0.2, 0) is 19.1 Å². The summed E-state index contributed by atoms with van der Waals surface area (Å²) in [7, 11) is 0. The summed E-state index contributed by atoms with van der Waals surface area (Å²) in [5.41, 5.74) is 10.8. The Hall–Kier alpha value is -2.32. The second-order valence-electron chi connectivity index (χ2n) is 12.2. The molecular weight excluding hydrogens is 530 g/mol. The highest BCUT2D eigenvalue weighted by molar-refractivity contribution is 5.90. The Balaban J connectivity index is 4.19. The van der Waals surface area contributed by atoms with E-state index in [1.807, 2.05) is 13.8 Å². The van der Waals surface area contributed by atoms with E-state index in [0.717, 1.165) is 19.3 Å². The number of nitrogens with zero attached hydrogens (tertiary/aromatic N) is 1. The van der Waals surface area contributed by atoms with Gasteiger partial charge in [-0.25, -0.2) is 4.79 Å². The second-order valence-corrected chi connectivity index (χ2v) is 12.2. The number of nitrogens with two attached hydrogens (primary N) is 2. The minimum Gasteiger partial charge on any atom is -0.464 e. The maximum atomic E-state index is 12.9. The fourth-order valence-corrected chi connectivity index (χ4v) is 5.07. The molecular formula is C33H65N5O4. The molecule has 246 valence electrons. The number of hydrogen-bond acceptors (Lipinski definition) is 5. The zero-order chi connectivity index (χ0) is 31.4. The van der Waals surface area contributed by atoms with Gasteiger partial charge in [-0.3, -0.25) is 14.6 Å². The molecule has 2 atom stereocenters. The number of nitrogens with one attached hydrogen (secondary N) is 2. The molecule has 42 heavy (non-hydrogen) atoms. The van der Waals surface area contributed by atoms with Gasteiger partial charge in [0, 0.05) is 13.5 Å². The van der Waals surface area contributed by atoms with Crippen molar-refractivity contribution < 1.29 is 19.1 Å². The van der Waals surface area contributed by atoms with Crippen LogP contribution < -0.4 is 22.1 Å². The van der Waals surface area contributed by atoms with Gasteiger partial charge in [-0.1, -0.05) is 124 Å². The average Bonchev–Trinajstić information content (AvgIpc) is 2.92. The molecule has 0 aromatic carbocycles. The number of carbonyl (C=O) groups excluding carboxylic acids is 3. The van der Waals surface area contributed by atoms with Crippen LogP contribution in [0.1, 0.15) is 156 Å². The Bertz CT molecular complexity index is 725. The van der Waals surface area contributed by atoms with E-state index in [1.54, 1.807) is 0 Å². The second kappa shape index (κ2) is 27.5. The summed E-state index contributed by atoms with van der Waals surface area (Å²) in [4.78, 5) is 41.3. The highest BCUT2D eigenvalue weighted by atomic mass is 16.5. The van der Waals surface area contributed by atoms with Crippen molar-refractivity contribution in [2.75, 3.05) is 13.2 Å². The number of hydrogen-bond donors (Lipinski definition) is 4. The van der Waals surface area contributed by atoms with Crippen molar-refractivity contribution >= 4 is 23.7 Å². The van der Waals surface area contributed by atoms with Gasteiger partial charge in [0.05, 0.1) is 6.61 Å². The summed E-state index contributed by atoms with van der Waals surface area (Å²) in [6.45, 7) is 8.27. The predicted octanol–water partition coefficient (Wildman–Crippen LogP) is 6.27. The maximum Gasteiger partial charge on any atom is 0.328 e. The van der Waals surface area contributed by atoms with Crippen LogP contribution in [0.15, 0.2) is 4.99 Å². The lowest BCUT2D eigenvalue weighted by Gasteiger charge is -2.23. The summed E-state index contributed by atoms with van der Waals surface area (Å²) in [6.07, 6.45) is 23.3. The van der Waals surface area contributed by atoms with Gasteiger partial charge in [-0.15, -0.1) is 0 Å². The third-order valence-electron chi connectivity index (χ3n) is 7.44. The normalized spacial score (nSPS) is 12.5. The Morgan fingerprint density at radius 1 is 0.690 bits per heavy atom. The third-order valence-corrected chi connectivity index (χ3v) is 7.44. The summed E-state index contributed by atoms with van der Waals surface area (Å²) in [5, 5.41) is 5.47. The van der Waals surface area contributed by atoms with Crippen molar-refractivity contribution in [2.45, 2.75) is 168 Å². The Kier molecular flexibility index (Phi) is 26.0. The van der Waals surface area contributed by atoms with Gasteiger partial charge in [0.1, 0.15) is 12.1 Å². The smallest absolute Gasteiger partial charge is 0.328 e. The molecule has 0 saturated heterocycles. The molecule has 9 nitrogen and oxygen atoms in total. The highest BCUT2D eigenvalue weighted by Crippen LogP contribution is 2.14. The Labute approximate surface area is 257 Å². The molecule has 0 radical (unpaired) electrons. The zero-order valence-corrected chi connectivity index (χ0v) is 27.5. The summed E-state index contributed by atoms with van der Waals surface area (Å²) < 4.78 is 5.52. The topological polar surface area (TPSA) is 149 Å². The maximum absolute atomic E-state index is 12.9. The van der Waals surface area contributed by atoms with Crippen LogP contribution in [-0.4, -0.2) is 49.0 Å². The Morgan fingerprint density at radius 2 is 1.17 bits per heavy atom. The van der Waals surface area contributed by atoms with Crippen LogP contribution in [0.5, 0.6) is 0 Å². The van der Waals surface area contributed by atoms with Crippen molar-refractivity contribution in [1.82, 2.24) is 10.6 Å². The lowest BCUT2D eigenvalue weighted by molar-refractivity contribution is -0.148. The van der Waals surface area contributed by atoms with E-state index in [2.05, 4.69) is 22.5 Å². The van der Waals surface area contributed by atoms with Crippen molar-refractivity contribution in [2.24, 2.45) is 22.4 Å². The van der Waals surface area contributed by atoms with Gasteiger partial charge in [0.25, 0.3) is 0 Å². The molecule has 0 rings (SSSR count). The third kappa shape index (κ3) is 25.4. The quantitative estimate of drug-likeness (QED) is 0.0362. The first-order valence-electron chi connectivity index (χ1n) is 17.0. The SMILES string of the molecule is CCCCCCCCCCCCCCCCCCCOC(=O)C(CCCN=C(N)N)NC(=O)C(CC(C)C)NC(C)=O. The summed E-state index contributed by atoms with van der Waals surface area (Å²) >= 11 is 0. The van der Waals surface area contributed by atoms with Crippen molar-refractivity contribution in [3.63, 3.8) is 0 Å². The van der Waals surface area contributed by atoms with E-state index in [-0.39, 0.29) is 23.7 Å². The highest BCUT2D eigenvalue weighted by Gasteiger charge is 2.27. The molecule has 0 heterocycles. The van der Waals surface area contributed by atoms with Crippen LogP contribution in [0.2, 0.25) is 0 Å². The van der Waals surface area contributed by atoms with Crippen molar-refractivity contribution in [3.8, 4) is 0 Å². The fourth-order valence-electron chi connectivity index (χ4n) is 5.07. The molecule has 0 aliphatic heterocycles. The number of ether oxygens (including phenoxy) is 1. The van der Waals surface area contributed by atoms with Crippen LogP contribution >= 0.6 is 0 Å². The standard InChI is InChI=1S/C33H65N5O4/c1-5-6-7-8-9-10-11-12-13-14-15-16-17-18-19-20-21-25-42-32(41)29(23-22-24-36-33(34)35)38-31(40)30(26-27(2)3)37-28(4)39/h27,29-30H,5-26H2,1-4H3,(H,37,39)(H,38,40)(H4,34,35,36). The van der Waals surface area contributed by atoms with E-state index in [1.165, 1.54) is 96.8 Å². The minimum absolute atomic E-state index is 0.0142. The van der Waals surface area contributed by atoms with E-state index in [4.69, 9.17) is 16.2 Å². The lowest BCUT2D eigenvalue weighted by atomic mass is 10.0. The largest absolute Gasteiger partial charge is 0.464 e. The van der Waals surface area contributed by atoms with Gasteiger partial charge in [0.2, 0.25) is 11.8 Å². The fraction of sp³-hybridized carbons (Fsp3) is 0.879. The number of esters is 1. The van der Waals surface area contributed by atoms with Crippen LogP contribution in [0, 0.1) is 5.92 Å². The molecule has 2 amide bonds. The van der Waals surface area contributed by atoms with Crippen LogP contribution in [0.25, 0.3) is 0 Å². The Morgan fingerprint density at radius 3 is 1.60 bits per heavy atom. The first-order chi connectivity index (χ1) is 20.2. The molecule has 0 aromatic heterocycles.